The summed E-state index contributed by atoms with van der Waals surface area (Å²) in [4.78, 5) is 12.2. The van der Waals surface area contributed by atoms with Gasteiger partial charge in [-0.25, -0.2) is 0 Å². The molecule has 2 nitrogen and oxygen atoms in total. The lowest BCUT2D eigenvalue weighted by Crippen LogP contribution is -2.03. The molecule has 0 saturated carbocycles. The molecule has 2 N–H and O–H groups in total. The van der Waals surface area contributed by atoms with Gasteiger partial charge < -0.3 is 5.73 Å². The number of carbonyl (C=O) groups is 1. The summed E-state index contributed by atoms with van der Waals surface area (Å²) in [5.41, 5.74) is 7.18. The van der Waals surface area contributed by atoms with Crippen molar-refractivity contribution in [3.05, 3.63) is 63.1 Å². The maximum Gasteiger partial charge on any atom is 0.194 e. The molecule has 0 heterocycles. The molecule has 0 bridgehead atoms. The number of benzene rings is 2. The maximum atomic E-state index is 12.2. The summed E-state index contributed by atoms with van der Waals surface area (Å²) in [6, 6.07) is 12.0. The predicted molar refractivity (Wildman–Crippen MR) is 73.4 cm³/mol. The summed E-state index contributed by atoms with van der Waals surface area (Å²) in [5, 5.41) is 0.409. The number of nitrogen functional groups attached to an aromatic ring is 1. The SMILES string of the molecule is Nc1ccc(Cl)c(C(=O)c2ccc(Br)cc2)c1. The fraction of sp³-hybridized carbons (Fsp3) is 0. The Kier molecular flexibility index (Phi) is 3.50. The second-order valence-electron chi connectivity index (χ2n) is 3.58. The van der Waals surface area contributed by atoms with Gasteiger partial charge in [0.15, 0.2) is 5.78 Å². The smallest absolute Gasteiger partial charge is 0.194 e. The zero-order valence-electron chi connectivity index (χ0n) is 8.78. The van der Waals surface area contributed by atoms with Gasteiger partial charge in [-0.05, 0) is 42.5 Å². The monoisotopic (exact) mass is 309 g/mol. The van der Waals surface area contributed by atoms with Gasteiger partial charge in [0, 0.05) is 21.3 Å². The number of hydrogen-bond donors (Lipinski definition) is 1. The molecule has 0 aliphatic rings. The standard InChI is InChI=1S/C13H9BrClNO/c14-9-3-1-8(2-4-9)13(17)11-7-10(16)5-6-12(11)15/h1-7H,16H2. The lowest BCUT2D eigenvalue weighted by atomic mass is 10.0. The maximum absolute atomic E-state index is 12.2. The van der Waals surface area contributed by atoms with E-state index in [1.165, 1.54) is 0 Å². The molecular formula is C13H9BrClNO. The van der Waals surface area contributed by atoms with Crippen LogP contribution in [-0.4, -0.2) is 5.78 Å². The average Bonchev–Trinajstić information content (AvgIpc) is 2.32. The van der Waals surface area contributed by atoms with Gasteiger partial charge in [-0.3, -0.25) is 4.79 Å². The molecule has 17 heavy (non-hydrogen) atoms. The number of rotatable bonds is 2. The fourth-order valence-electron chi connectivity index (χ4n) is 1.47. The van der Waals surface area contributed by atoms with Crippen molar-refractivity contribution in [2.24, 2.45) is 0 Å². The van der Waals surface area contributed by atoms with Crippen LogP contribution in [0.5, 0.6) is 0 Å². The molecule has 0 aliphatic carbocycles. The Morgan fingerprint density at radius 2 is 1.76 bits per heavy atom. The van der Waals surface area contributed by atoms with E-state index in [1.54, 1.807) is 30.3 Å². The third-order valence-electron chi connectivity index (χ3n) is 2.34. The first kappa shape index (κ1) is 12.1. The van der Waals surface area contributed by atoms with E-state index in [9.17, 15) is 4.79 Å². The number of hydrogen-bond acceptors (Lipinski definition) is 2. The van der Waals surface area contributed by atoms with Crippen LogP contribution in [0, 0.1) is 0 Å². The van der Waals surface area contributed by atoms with E-state index in [0.717, 1.165) is 4.47 Å². The molecule has 0 saturated heterocycles. The van der Waals surface area contributed by atoms with E-state index < -0.39 is 0 Å². The molecule has 0 atom stereocenters. The van der Waals surface area contributed by atoms with Crippen LogP contribution in [0.25, 0.3) is 0 Å². The van der Waals surface area contributed by atoms with Crippen LogP contribution in [0.3, 0.4) is 0 Å². The lowest BCUT2D eigenvalue weighted by molar-refractivity contribution is 0.103. The lowest BCUT2D eigenvalue weighted by Gasteiger charge is -2.05. The van der Waals surface area contributed by atoms with Crippen molar-refractivity contribution in [1.29, 1.82) is 0 Å². The van der Waals surface area contributed by atoms with Gasteiger partial charge in [0.25, 0.3) is 0 Å². The van der Waals surface area contributed by atoms with Gasteiger partial charge in [-0.2, -0.15) is 0 Å². The van der Waals surface area contributed by atoms with Crippen molar-refractivity contribution in [3.63, 3.8) is 0 Å². The van der Waals surface area contributed by atoms with Crippen LogP contribution in [0.2, 0.25) is 5.02 Å². The van der Waals surface area contributed by atoms with Gasteiger partial charge in [0.1, 0.15) is 0 Å². The molecule has 0 fully saturated rings. The molecule has 0 unspecified atom stereocenters. The van der Waals surface area contributed by atoms with Gasteiger partial charge >= 0.3 is 0 Å². The molecule has 2 rings (SSSR count). The Bertz CT molecular complexity index is 566. The van der Waals surface area contributed by atoms with E-state index in [1.807, 2.05) is 12.1 Å². The summed E-state index contributed by atoms with van der Waals surface area (Å²) in [5.74, 6) is -0.130. The van der Waals surface area contributed by atoms with E-state index in [0.29, 0.717) is 21.8 Å². The Morgan fingerprint density at radius 1 is 1.12 bits per heavy atom. The highest BCUT2D eigenvalue weighted by Crippen LogP contribution is 2.22. The quantitative estimate of drug-likeness (QED) is 0.675. The van der Waals surface area contributed by atoms with Gasteiger partial charge in [-0.1, -0.05) is 27.5 Å². The minimum atomic E-state index is -0.130. The van der Waals surface area contributed by atoms with Crippen molar-refractivity contribution in [3.8, 4) is 0 Å². The minimum Gasteiger partial charge on any atom is -0.399 e. The number of ketones is 1. The van der Waals surface area contributed by atoms with Crippen LogP contribution in [0.15, 0.2) is 46.9 Å². The number of halogens is 2. The first-order valence-electron chi connectivity index (χ1n) is 4.93. The van der Waals surface area contributed by atoms with Crippen molar-refractivity contribution >= 4 is 39.0 Å². The predicted octanol–water partition coefficient (Wildman–Crippen LogP) is 3.92. The zero-order valence-corrected chi connectivity index (χ0v) is 11.1. The molecule has 0 amide bonds. The van der Waals surface area contributed by atoms with Crippen molar-refractivity contribution in [1.82, 2.24) is 0 Å². The average molecular weight is 311 g/mol. The van der Waals surface area contributed by atoms with Crippen molar-refractivity contribution in [2.45, 2.75) is 0 Å². The molecule has 86 valence electrons. The Labute approximate surface area is 113 Å². The normalized spacial score (nSPS) is 10.2. The Morgan fingerprint density at radius 3 is 2.41 bits per heavy atom. The second-order valence-corrected chi connectivity index (χ2v) is 4.90. The second kappa shape index (κ2) is 4.90. The van der Waals surface area contributed by atoms with E-state index in [2.05, 4.69) is 15.9 Å². The largest absolute Gasteiger partial charge is 0.399 e. The topological polar surface area (TPSA) is 43.1 Å². The Hall–Kier alpha value is -1.32. The minimum absolute atomic E-state index is 0.130. The fourth-order valence-corrected chi connectivity index (χ4v) is 1.94. The highest BCUT2D eigenvalue weighted by Gasteiger charge is 2.12. The molecule has 2 aromatic rings. The third-order valence-corrected chi connectivity index (χ3v) is 3.20. The molecule has 2 aromatic carbocycles. The summed E-state index contributed by atoms with van der Waals surface area (Å²) in [6.07, 6.45) is 0. The van der Waals surface area contributed by atoms with Crippen molar-refractivity contribution < 1.29 is 4.79 Å². The highest BCUT2D eigenvalue weighted by molar-refractivity contribution is 9.10. The van der Waals surface area contributed by atoms with E-state index in [-0.39, 0.29) is 5.78 Å². The Balaban J connectivity index is 2.43. The van der Waals surface area contributed by atoms with Crippen LogP contribution in [0.4, 0.5) is 5.69 Å². The molecular weight excluding hydrogens is 302 g/mol. The third kappa shape index (κ3) is 2.68. The molecule has 0 radical (unpaired) electrons. The number of carbonyl (C=O) groups excluding carboxylic acids is 1. The summed E-state index contributed by atoms with van der Waals surface area (Å²) in [6.45, 7) is 0. The van der Waals surface area contributed by atoms with E-state index in [4.69, 9.17) is 17.3 Å². The summed E-state index contributed by atoms with van der Waals surface area (Å²) in [7, 11) is 0. The first-order chi connectivity index (χ1) is 8.08. The summed E-state index contributed by atoms with van der Waals surface area (Å²) >= 11 is 9.31. The molecule has 0 aromatic heterocycles. The first-order valence-corrected chi connectivity index (χ1v) is 6.10. The van der Waals surface area contributed by atoms with Crippen LogP contribution in [0.1, 0.15) is 15.9 Å². The van der Waals surface area contributed by atoms with Crippen LogP contribution < -0.4 is 5.73 Å². The van der Waals surface area contributed by atoms with E-state index >= 15 is 0 Å². The molecule has 0 aliphatic heterocycles. The number of nitrogens with two attached hydrogens (primary N) is 1. The zero-order chi connectivity index (χ0) is 12.4. The van der Waals surface area contributed by atoms with Crippen LogP contribution >= 0.6 is 27.5 Å². The van der Waals surface area contributed by atoms with Crippen molar-refractivity contribution in [2.75, 3.05) is 5.73 Å². The number of anilines is 1. The molecule has 0 spiro atoms. The summed E-state index contributed by atoms with van der Waals surface area (Å²) < 4.78 is 0.924. The molecule has 4 heteroatoms. The highest BCUT2D eigenvalue weighted by atomic mass is 79.9. The van der Waals surface area contributed by atoms with Gasteiger partial charge in [0.2, 0.25) is 0 Å². The van der Waals surface area contributed by atoms with Crippen LogP contribution in [-0.2, 0) is 0 Å². The van der Waals surface area contributed by atoms with Gasteiger partial charge in [0.05, 0.1) is 5.02 Å². The van der Waals surface area contributed by atoms with Gasteiger partial charge in [-0.15, -0.1) is 0 Å².